The molecule has 0 saturated heterocycles. The third-order valence-electron chi connectivity index (χ3n) is 5.19. The molecule has 31 heavy (non-hydrogen) atoms. The zero-order valence-corrected chi connectivity index (χ0v) is 17.3. The number of nitrogens with zero attached hydrogens (tertiary/aromatic N) is 7. The van der Waals surface area contributed by atoms with Gasteiger partial charge in [-0.05, 0) is 54.9 Å². The summed E-state index contributed by atoms with van der Waals surface area (Å²) in [6.45, 7) is 0. The molecule has 0 radical (unpaired) electrons. The summed E-state index contributed by atoms with van der Waals surface area (Å²) in [7, 11) is 0. The number of hydrogen-bond acceptors (Lipinski definition) is 7. The lowest BCUT2D eigenvalue weighted by molar-refractivity contribution is 0.669. The van der Waals surface area contributed by atoms with E-state index in [0.29, 0.717) is 11.9 Å². The Morgan fingerprint density at radius 3 is 2.48 bits per heavy atom. The van der Waals surface area contributed by atoms with Gasteiger partial charge in [-0.25, -0.2) is 9.97 Å². The van der Waals surface area contributed by atoms with Crippen LogP contribution in [0.15, 0.2) is 83.5 Å². The van der Waals surface area contributed by atoms with E-state index in [9.17, 15) is 0 Å². The van der Waals surface area contributed by atoms with E-state index in [4.69, 9.17) is 9.97 Å². The average molecular weight is 424 g/mol. The minimum atomic E-state index is 0.417. The average Bonchev–Trinajstić information content (AvgIpc) is 3.59. The molecule has 0 aliphatic heterocycles. The van der Waals surface area contributed by atoms with Gasteiger partial charge in [0.05, 0.1) is 5.52 Å². The van der Waals surface area contributed by atoms with Gasteiger partial charge in [-0.15, -0.1) is 10.2 Å². The van der Waals surface area contributed by atoms with Crippen molar-refractivity contribution >= 4 is 22.7 Å². The monoisotopic (exact) mass is 423 g/mol. The van der Waals surface area contributed by atoms with Crippen molar-refractivity contribution in [2.24, 2.45) is 0 Å². The van der Waals surface area contributed by atoms with Crippen LogP contribution in [0.2, 0.25) is 0 Å². The minimum Gasteiger partial charge on any atom is -0.299 e. The summed E-state index contributed by atoms with van der Waals surface area (Å²) in [5.74, 6) is 1.53. The van der Waals surface area contributed by atoms with E-state index in [1.165, 1.54) is 11.8 Å². The van der Waals surface area contributed by atoms with Gasteiger partial charge in [0.2, 0.25) is 0 Å². The fourth-order valence-electron chi connectivity index (χ4n) is 3.54. The van der Waals surface area contributed by atoms with Crippen LogP contribution in [0.1, 0.15) is 18.9 Å². The Bertz CT molecular complexity index is 1370. The maximum Gasteiger partial charge on any atom is 0.198 e. The Morgan fingerprint density at radius 2 is 1.68 bits per heavy atom. The van der Waals surface area contributed by atoms with Crippen molar-refractivity contribution in [2.45, 2.75) is 29.1 Å². The van der Waals surface area contributed by atoms with E-state index >= 15 is 0 Å². The zero-order valence-electron chi connectivity index (χ0n) is 16.5. The Morgan fingerprint density at radius 1 is 0.806 bits per heavy atom. The van der Waals surface area contributed by atoms with E-state index < -0.39 is 0 Å². The topological polar surface area (TPSA) is 82.3 Å². The highest BCUT2D eigenvalue weighted by Crippen LogP contribution is 2.43. The largest absolute Gasteiger partial charge is 0.299 e. The maximum absolute atomic E-state index is 4.90. The number of para-hydroxylation sites is 1. The Kier molecular flexibility index (Phi) is 4.42. The second kappa shape index (κ2) is 7.55. The molecule has 5 aromatic rings. The third kappa shape index (κ3) is 3.44. The SMILES string of the molecule is c1cncc(-c2nnc(Sc3nc(-c4ccncc4)nc4ccccc34)n2C2CC2)c1. The van der Waals surface area contributed by atoms with Gasteiger partial charge in [0.1, 0.15) is 5.03 Å². The highest BCUT2D eigenvalue weighted by Gasteiger charge is 2.31. The summed E-state index contributed by atoms with van der Waals surface area (Å²) in [5, 5.41) is 11.7. The van der Waals surface area contributed by atoms with Crippen LogP contribution in [0.5, 0.6) is 0 Å². The molecule has 150 valence electrons. The minimum absolute atomic E-state index is 0.417. The molecule has 1 saturated carbocycles. The van der Waals surface area contributed by atoms with Crippen molar-refractivity contribution in [3.8, 4) is 22.8 Å². The first-order valence-corrected chi connectivity index (χ1v) is 10.9. The van der Waals surface area contributed by atoms with Gasteiger partial charge in [0, 0.05) is 47.3 Å². The summed E-state index contributed by atoms with van der Waals surface area (Å²) in [4.78, 5) is 18.0. The summed E-state index contributed by atoms with van der Waals surface area (Å²) < 4.78 is 2.23. The van der Waals surface area contributed by atoms with Gasteiger partial charge in [-0.3, -0.25) is 14.5 Å². The smallest absolute Gasteiger partial charge is 0.198 e. The predicted molar refractivity (Wildman–Crippen MR) is 118 cm³/mol. The molecule has 4 heterocycles. The van der Waals surface area contributed by atoms with Crippen LogP contribution in [0, 0.1) is 0 Å². The summed E-state index contributed by atoms with van der Waals surface area (Å²) in [5.41, 5.74) is 2.80. The van der Waals surface area contributed by atoms with Crippen LogP contribution in [0.4, 0.5) is 0 Å². The molecule has 8 heteroatoms. The summed E-state index contributed by atoms with van der Waals surface area (Å²) in [6, 6.07) is 16.3. The van der Waals surface area contributed by atoms with Gasteiger partial charge in [-0.1, -0.05) is 18.2 Å². The lowest BCUT2D eigenvalue weighted by atomic mass is 10.2. The molecule has 4 aromatic heterocycles. The first kappa shape index (κ1) is 18.1. The van der Waals surface area contributed by atoms with Crippen molar-refractivity contribution in [3.05, 3.63) is 73.3 Å². The van der Waals surface area contributed by atoms with E-state index in [2.05, 4.69) is 24.7 Å². The molecule has 1 aliphatic rings. The highest BCUT2D eigenvalue weighted by atomic mass is 32.2. The van der Waals surface area contributed by atoms with Gasteiger partial charge >= 0.3 is 0 Å². The molecule has 0 amide bonds. The van der Waals surface area contributed by atoms with Crippen molar-refractivity contribution in [2.75, 3.05) is 0 Å². The van der Waals surface area contributed by atoms with Crippen molar-refractivity contribution in [1.29, 1.82) is 0 Å². The third-order valence-corrected chi connectivity index (χ3v) is 6.16. The zero-order chi connectivity index (χ0) is 20.6. The number of hydrogen-bond donors (Lipinski definition) is 0. The Hall–Kier alpha value is -3.65. The van der Waals surface area contributed by atoms with Gasteiger partial charge in [0.25, 0.3) is 0 Å². The van der Waals surface area contributed by atoms with Crippen LogP contribution < -0.4 is 0 Å². The normalized spacial score (nSPS) is 13.5. The standard InChI is InChI=1S/C23H17N7S/c1-2-6-19-18(5-1)22(27-20(26-19)15-9-12-24-13-10-15)31-23-29-28-21(30(23)17-7-8-17)16-4-3-11-25-14-16/h1-6,9-14,17H,7-8H2. The van der Waals surface area contributed by atoms with Crippen LogP contribution in [0.25, 0.3) is 33.7 Å². The first-order chi connectivity index (χ1) is 15.4. The van der Waals surface area contributed by atoms with E-state index in [0.717, 1.165) is 50.9 Å². The van der Waals surface area contributed by atoms with E-state index in [1.54, 1.807) is 18.6 Å². The maximum atomic E-state index is 4.90. The van der Waals surface area contributed by atoms with E-state index in [-0.39, 0.29) is 0 Å². The molecular weight excluding hydrogens is 406 g/mol. The number of aromatic nitrogens is 7. The molecule has 0 N–H and O–H groups in total. The molecule has 0 atom stereocenters. The van der Waals surface area contributed by atoms with Crippen molar-refractivity contribution in [3.63, 3.8) is 0 Å². The Labute approximate surface area is 182 Å². The first-order valence-electron chi connectivity index (χ1n) is 10.1. The van der Waals surface area contributed by atoms with Gasteiger partial charge in [0.15, 0.2) is 16.8 Å². The number of fused-ring (bicyclic) bond motifs is 1. The molecule has 1 fully saturated rings. The number of rotatable bonds is 5. The summed E-state index contributed by atoms with van der Waals surface area (Å²) in [6.07, 6.45) is 9.37. The fourth-order valence-corrected chi connectivity index (χ4v) is 4.55. The number of benzene rings is 1. The molecule has 0 bridgehead atoms. The van der Waals surface area contributed by atoms with Crippen LogP contribution in [0.3, 0.4) is 0 Å². The second-order valence-corrected chi connectivity index (χ2v) is 8.31. The molecule has 1 aromatic carbocycles. The van der Waals surface area contributed by atoms with Crippen LogP contribution in [-0.4, -0.2) is 34.7 Å². The van der Waals surface area contributed by atoms with Crippen molar-refractivity contribution < 1.29 is 0 Å². The van der Waals surface area contributed by atoms with Crippen LogP contribution >= 0.6 is 11.8 Å². The summed E-state index contributed by atoms with van der Waals surface area (Å²) >= 11 is 1.54. The molecule has 0 unspecified atom stereocenters. The molecular formula is C23H17N7S. The molecule has 0 spiro atoms. The molecule has 6 rings (SSSR count). The quantitative estimate of drug-likeness (QED) is 0.374. The van der Waals surface area contributed by atoms with E-state index in [1.807, 2.05) is 54.7 Å². The van der Waals surface area contributed by atoms with Crippen molar-refractivity contribution in [1.82, 2.24) is 34.7 Å². The van der Waals surface area contributed by atoms with Gasteiger partial charge < -0.3 is 0 Å². The lowest BCUT2D eigenvalue weighted by Gasteiger charge is -2.10. The number of pyridine rings is 2. The van der Waals surface area contributed by atoms with Crippen LogP contribution in [-0.2, 0) is 0 Å². The fraction of sp³-hybridized carbons (Fsp3) is 0.130. The molecule has 1 aliphatic carbocycles. The van der Waals surface area contributed by atoms with Gasteiger partial charge in [-0.2, -0.15) is 0 Å². The highest BCUT2D eigenvalue weighted by molar-refractivity contribution is 7.99. The molecule has 7 nitrogen and oxygen atoms in total. The Balaban J connectivity index is 1.48. The second-order valence-electron chi connectivity index (χ2n) is 7.36. The predicted octanol–water partition coefficient (Wildman–Crippen LogP) is 4.83. The lowest BCUT2D eigenvalue weighted by Crippen LogP contribution is -2.01.